The van der Waals surface area contributed by atoms with E-state index in [-0.39, 0.29) is 24.4 Å². The number of rotatable bonds is 14. The van der Waals surface area contributed by atoms with Gasteiger partial charge in [-0.15, -0.1) is 0 Å². The van der Waals surface area contributed by atoms with Crippen LogP contribution in [-0.4, -0.2) is 83.9 Å². The Labute approximate surface area is 200 Å². The number of esters is 1. The molecule has 0 aromatic heterocycles. The van der Waals surface area contributed by atoms with E-state index >= 15 is 0 Å². The molecule has 0 bridgehead atoms. The molecule has 1 aliphatic rings. The first-order chi connectivity index (χ1) is 16.6. The Morgan fingerprint density at radius 3 is 1.91 bits per heavy atom. The van der Waals surface area contributed by atoms with Crippen LogP contribution < -0.4 is 0 Å². The van der Waals surface area contributed by atoms with Crippen molar-refractivity contribution in [2.75, 3.05) is 67.0 Å². The summed E-state index contributed by atoms with van der Waals surface area (Å²) in [5, 5.41) is 0. The van der Waals surface area contributed by atoms with Crippen molar-refractivity contribution in [2.45, 2.75) is 12.3 Å². The number of hydrogen-bond donors (Lipinski definition) is 0. The molecule has 0 aliphatic heterocycles. The number of fused-ring (bicyclic) bond motifs is 3. The maximum Gasteiger partial charge on any atom is 0.409 e. The summed E-state index contributed by atoms with van der Waals surface area (Å²) in [5.41, 5.74) is 4.79. The molecule has 0 N–H and O–H groups in total. The zero-order valence-electron chi connectivity index (χ0n) is 19.9. The lowest BCUT2D eigenvalue weighted by Crippen LogP contribution is -2.32. The van der Waals surface area contributed by atoms with Crippen molar-refractivity contribution in [3.8, 4) is 11.1 Å². The van der Waals surface area contributed by atoms with Gasteiger partial charge < -0.3 is 28.6 Å². The van der Waals surface area contributed by atoms with Crippen molar-refractivity contribution >= 4 is 12.1 Å². The van der Waals surface area contributed by atoms with Crippen molar-refractivity contribution in [1.29, 1.82) is 0 Å². The summed E-state index contributed by atoms with van der Waals surface area (Å²) in [6.45, 7) is 3.09. The second kappa shape index (κ2) is 13.7. The molecular weight excluding hydrogens is 438 g/mol. The lowest BCUT2D eigenvalue weighted by molar-refractivity contribution is -0.141. The second-order valence-corrected chi connectivity index (χ2v) is 7.89. The van der Waals surface area contributed by atoms with Crippen LogP contribution in [0.5, 0.6) is 0 Å². The van der Waals surface area contributed by atoms with Gasteiger partial charge in [-0.25, -0.2) is 4.79 Å². The average Bonchev–Trinajstić information content (AvgIpc) is 3.19. The van der Waals surface area contributed by atoms with E-state index in [1.807, 2.05) is 24.3 Å². The fourth-order valence-corrected chi connectivity index (χ4v) is 3.80. The summed E-state index contributed by atoms with van der Waals surface area (Å²) in [6.07, 6.45) is -0.137. The molecule has 0 spiro atoms. The highest BCUT2D eigenvalue weighted by Crippen LogP contribution is 2.44. The lowest BCUT2D eigenvalue weighted by Gasteiger charge is -2.19. The minimum absolute atomic E-state index is 0.0441. The minimum atomic E-state index is -0.370. The Bertz CT molecular complexity index is 887. The summed E-state index contributed by atoms with van der Waals surface area (Å²) in [4.78, 5) is 24.9. The van der Waals surface area contributed by atoms with Crippen molar-refractivity contribution in [3.63, 3.8) is 0 Å². The molecule has 0 heterocycles. The zero-order valence-corrected chi connectivity index (χ0v) is 19.9. The molecule has 8 nitrogen and oxygen atoms in total. The molecule has 0 unspecified atom stereocenters. The third-order valence-corrected chi connectivity index (χ3v) is 5.64. The fourth-order valence-electron chi connectivity index (χ4n) is 3.80. The Morgan fingerprint density at radius 1 is 0.794 bits per heavy atom. The zero-order chi connectivity index (χ0) is 24.2. The number of carbonyl (C=O) groups is 2. The van der Waals surface area contributed by atoms with E-state index in [4.69, 9.17) is 18.9 Å². The molecule has 0 fully saturated rings. The van der Waals surface area contributed by atoms with Crippen molar-refractivity contribution < 1.29 is 33.3 Å². The molecule has 1 aliphatic carbocycles. The number of benzene rings is 2. The van der Waals surface area contributed by atoms with Gasteiger partial charge in [-0.2, -0.15) is 0 Å². The average molecular weight is 472 g/mol. The second-order valence-electron chi connectivity index (χ2n) is 7.89. The van der Waals surface area contributed by atoms with Gasteiger partial charge in [-0.1, -0.05) is 48.5 Å². The first kappa shape index (κ1) is 25.7. The fraction of sp³-hybridized carbons (Fsp3) is 0.462. The Morgan fingerprint density at radius 2 is 1.32 bits per heavy atom. The van der Waals surface area contributed by atoms with E-state index in [9.17, 15) is 9.59 Å². The molecule has 0 radical (unpaired) electrons. The van der Waals surface area contributed by atoms with Gasteiger partial charge in [0.2, 0.25) is 0 Å². The van der Waals surface area contributed by atoms with Gasteiger partial charge in [0.1, 0.15) is 6.61 Å². The van der Waals surface area contributed by atoms with Gasteiger partial charge in [0, 0.05) is 19.5 Å². The van der Waals surface area contributed by atoms with Gasteiger partial charge in [0.15, 0.2) is 0 Å². The molecule has 3 rings (SSSR count). The molecule has 34 heavy (non-hydrogen) atoms. The van der Waals surface area contributed by atoms with E-state index in [0.717, 1.165) is 0 Å². The molecule has 2 aromatic carbocycles. The van der Waals surface area contributed by atoms with E-state index in [2.05, 4.69) is 29.0 Å². The van der Waals surface area contributed by atoms with Crippen LogP contribution in [0.2, 0.25) is 0 Å². The number of ether oxygens (including phenoxy) is 5. The maximum absolute atomic E-state index is 12.5. The topological polar surface area (TPSA) is 83.5 Å². The van der Waals surface area contributed by atoms with Crippen LogP contribution in [0, 0.1) is 0 Å². The van der Waals surface area contributed by atoms with E-state index in [0.29, 0.717) is 52.8 Å². The number of carbonyl (C=O) groups excluding carboxylic acids is 2. The van der Waals surface area contributed by atoms with Crippen molar-refractivity contribution in [3.05, 3.63) is 59.7 Å². The van der Waals surface area contributed by atoms with Crippen LogP contribution in [0.1, 0.15) is 23.5 Å². The van der Waals surface area contributed by atoms with Crippen LogP contribution in [-0.2, 0) is 28.5 Å². The van der Waals surface area contributed by atoms with E-state index in [1.54, 1.807) is 7.05 Å². The SMILES string of the molecule is COC(=O)CCOCCOCCOCCN(C)C(=O)OCC1c2ccccc2-c2ccccc21. The van der Waals surface area contributed by atoms with Gasteiger partial charge in [0.05, 0.1) is 53.2 Å². The molecule has 184 valence electrons. The highest BCUT2D eigenvalue weighted by molar-refractivity contribution is 5.79. The van der Waals surface area contributed by atoms with Crippen LogP contribution >= 0.6 is 0 Å². The lowest BCUT2D eigenvalue weighted by atomic mass is 9.98. The largest absolute Gasteiger partial charge is 0.469 e. The van der Waals surface area contributed by atoms with Crippen LogP contribution in [0.25, 0.3) is 11.1 Å². The monoisotopic (exact) mass is 471 g/mol. The number of hydrogen-bond acceptors (Lipinski definition) is 7. The number of nitrogens with zero attached hydrogens (tertiary/aromatic N) is 1. The van der Waals surface area contributed by atoms with E-state index < -0.39 is 0 Å². The number of amides is 1. The third-order valence-electron chi connectivity index (χ3n) is 5.64. The van der Waals surface area contributed by atoms with Crippen molar-refractivity contribution in [2.24, 2.45) is 0 Å². The summed E-state index contributed by atoms with van der Waals surface area (Å²) in [5.74, 6) is -0.250. The highest BCUT2D eigenvalue weighted by atomic mass is 16.6. The predicted molar refractivity (Wildman–Crippen MR) is 127 cm³/mol. The highest BCUT2D eigenvalue weighted by Gasteiger charge is 2.29. The molecular formula is C26H33NO7. The molecule has 2 aromatic rings. The van der Waals surface area contributed by atoms with Crippen LogP contribution in [0.4, 0.5) is 4.79 Å². The van der Waals surface area contributed by atoms with E-state index in [1.165, 1.54) is 34.3 Å². The number of methoxy groups -OCH3 is 1. The Kier molecular flexibility index (Phi) is 10.3. The first-order valence-electron chi connectivity index (χ1n) is 11.5. The van der Waals surface area contributed by atoms with Crippen LogP contribution in [0.15, 0.2) is 48.5 Å². The summed E-state index contributed by atoms with van der Waals surface area (Å²) in [6, 6.07) is 16.5. The first-order valence-corrected chi connectivity index (χ1v) is 11.5. The molecule has 0 atom stereocenters. The summed E-state index contributed by atoms with van der Waals surface area (Å²) in [7, 11) is 3.05. The molecule has 0 saturated heterocycles. The normalized spacial score (nSPS) is 12.2. The van der Waals surface area contributed by atoms with Gasteiger partial charge in [-0.3, -0.25) is 4.79 Å². The molecule has 1 amide bonds. The van der Waals surface area contributed by atoms with Crippen LogP contribution in [0.3, 0.4) is 0 Å². The van der Waals surface area contributed by atoms with Crippen molar-refractivity contribution in [1.82, 2.24) is 4.90 Å². The Hall–Kier alpha value is -2.94. The smallest absolute Gasteiger partial charge is 0.409 e. The number of likely N-dealkylation sites (N-methyl/N-ethyl adjacent to an activating group) is 1. The summed E-state index contributed by atoms with van der Waals surface area (Å²) >= 11 is 0. The third kappa shape index (κ3) is 7.28. The standard InChI is InChI=1S/C26H33NO7/c1-27(12-14-32-16-18-33-17-15-31-13-11-25(28)30-2)26(29)34-19-24-22-9-5-3-7-20(22)21-8-4-6-10-23(21)24/h3-10,24H,11-19H2,1-2H3. The maximum atomic E-state index is 12.5. The molecule has 8 heteroatoms. The summed E-state index contributed by atoms with van der Waals surface area (Å²) < 4.78 is 26.3. The minimum Gasteiger partial charge on any atom is -0.469 e. The Balaban J connectivity index is 1.27. The molecule has 0 saturated carbocycles. The van der Waals surface area contributed by atoms with Gasteiger partial charge in [0.25, 0.3) is 0 Å². The van der Waals surface area contributed by atoms with Gasteiger partial charge in [-0.05, 0) is 22.3 Å². The predicted octanol–water partition coefficient (Wildman–Crippen LogP) is 3.48. The van der Waals surface area contributed by atoms with Gasteiger partial charge >= 0.3 is 12.1 Å². The quantitative estimate of drug-likeness (QED) is 0.308.